The van der Waals surface area contributed by atoms with E-state index in [9.17, 15) is 19.8 Å². The zero-order valence-electron chi connectivity index (χ0n) is 60.9. The molecular weight excluding hydrogens is 1100 g/mol. The average molecular weight is 1260 g/mol. The summed E-state index contributed by atoms with van der Waals surface area (Å²) in [4.78, 5) is 24.6. The summed E-state index contributed by atoms with van der Waals surface area (Å²) in [5.74, 6) is -0.0515. The Labute approximate surface area is 563 Å². The van der Waals surface area contributed by atoms with Crippen LogP contribution in [0.5, 0.6) is 0 Å². The molecule has 6 heteroatoms. The molecule has 0 aliphatic carbocycles. The fraction of sp³-hybridized carbons (Fsp3) is 0.881. The zero-order chi connectivity index (χ0) is 64.9. The Hall–Kier alpha value is -2.18. The first-order valence-electron chi connectivity index (χ1n) is 40.9. The van der Waals surface area contributed by atoms with Crippen molar-refractivity contribution in [3.63, 3.8) is 0 Å². The molecule has 530 valence electrons. The summed E-state index contributed by atoms with van der Waals surface area (Å²) in [6, 6.07) is -0.626. The van der Waals surface area contributed by atoms with Gasteiger partial charge in [0.15, 0.2) is 0 Å². The maximum Gasteiger partial charge on any atom is 0.305 e. The van der Waals surface area contributed by atoms with Gasteiger partial charge >= 0.3 is 5.97 Å². The molecule has 0 aliphatic heterocycles. The fourth-order valence-electron chi connectivity index (χ4n) is 12.8. The molecule has 0 aliphatic rings. The summed E-state index contributed by atoms with van der Waals surface area (Å²) in [5.41, 5.74) is 0. The van der Waals surface area contributed by atoms with Crippen LogP contribution in [0, 0.1) is 0 Å². The normalized spacial score (nSPS) is 12.7. The lowest BCUT2D eigenvalue weighted by Crippen LogP contribution is -2.45. The highest BCUT2D eigenvalue weighted by Gasteiger charge is 2.18. The van der Waals surface area contributed by atoms with Crippen molar-refractivity contribution in [3.8, 4) is 0 Å². The highest BCUT2D eigenvalue weighted by Crippen LogP contribution is 2.20. The third kappa shape index (κ3) is 74.9. The van der Waals surface area contributed by atoms with E-state index in [1.165, 1.54) is 372 Å². The molecule has 2 atom stereocenters. The van der Waals surface area contributed by atoms with Crippen LogP contribution in [0.2, 0.25) is 0 Å². The molecular formula is C84H159NO5. The summed E-state index contributed by atoms with van der Waals surface area (Å²) in [5, 5.41) is 23.3. The van der Waals surface area contributed by atoms with Gasteiger partial charge in [0.2, 0.25) is 5.91 Å². The minimum absolute atomic E-state index is 0.00797. The van der Waals surface area contributed by atoms with E-state index in [2.05, 4.69) is 55.6 Å². The van der Waals surface area contributed by atoms with Crippen LogP contribution in [0.15, 0.2) is 48.6 Å². The molecule has 0 rings (SSSR count). The molecule has 0 aromatic heterocycles. The number of rotatable bonds is 77. The van der Waals surface area contributed by atoms with Gasteiger partial charge in [-0.2, -0.15) is 0 Å². The van der Waals surface area contributed by atoms with Crippen LogP contribution in [0.25, 0.3) is 0 Å². The van der Waals surface area contributed by atoms with Gasteiger partial charge in [0.1, 0.15) is 0 Å². The van der Waals surface area contributed by atoms with Crippen molar-refractivity contribution >= 4 is 11.9 Å². The average Bonchev–Trinajstić information content (AvgIpc) is 3.68. The van der Waals surface area contributed by atoms with Gasteiger partial charge in [-0.05, 0) is 83.5 Å². The van der Waals surface area contributed by atoms with Crippen LogP contribution in [0.4, 0.5) is 0 Å². The largest absolute Gasteiger partial charge is 0.466 e. The number of unbranched alkanes of at least 4 members (excludes halogenated alkanes) is 60. The second kappa shape index (κ2) is 79.3. The van der Waals surface area contributed by atoms with Crippen molar-refractivity contribution in [1.29, 1.82) is 0 Å². The molecule has 0 bridgehead atoms. The van der Waals surface area contributed by atoms with Crippen LogP contribution in [-0.2, 0) is 14.3 Å². The van der Waals surface area contributed by atoms with Crippen molar-refractivity contribution < 1.29 is 24.5 Å². The molecule has 0 aromatic carbocycles. The van der Waals surface area contributed by atoms with Gasteiger partial charge in [-0.25, -0.2) is 0 Å². The molecule has 0 saturated carbocycles. The Balaban J connectivity index is 3.35. The van der Waals surface area contributed by atoms with Crippen molar-refractivity contribution in [2.45, 2.75) is 463 Å². The van der Waals surface area contributed by atoms with E-state index < -0.39 is 12.1 Å². The van der Waals surface area contributed by atoms with Crippen molar-refractivity contribution in [1.82, 2.24) is 5.32 Å². The van der Waals surface area contributed by atoms with Crippen LogP contribution >= 0.6 is 0 Å². The lowest BCUT2D eigenvalue weighted by Gasteiger charge is -2.20. The van der Waals surface area contributed by atoms with Gasteiger partial charge in [0.25, 0.3) is 0 Å². The Morgan fingerprint density at radius 2 is 0.567 bits per heavy atom. The third-order valence-electron chi connectivity index (χ3n) is 19.1. The van der Waals surface area contributed by atoms with Crippen LogP contribution in [0.1, 0.15) is 450 Å². The van der Waals surface area contributed by atoms with E-state index in [-0.39, 0.29) is 18.5 Å². The van der Waals surface area contributed by atoms with E-state index in [1.54, 1.807) is 6.08 Å². The van der Waals surface area contributed by atoms with Gasteiger partial charge < -0.3 is 20.3 Å². The van der Waals surface area contributed by atoms with Crippen LogP contribution < -0.4 is 5.32 Å². The molecule has 0 spiro atoms. The Bertz CT molecular complexity index is 1500. The van der Waals surface area contributed by atoms with Crippen molar-refractivity contribution in [2.24, 2.45) is 0 Å². The number of ether oxygens (including phenoxy) is 1. The van der Waals surface area contributed by atoms with Gasteiger partial charge in [0.05, 0.1) is 25.4 Å². The summed E-state index contributed by atoms with van der Waals surface area (Å²) in [7, 11) is 0. The number of aliphatic hydroxyl groups excluding tert-OH is 2. The Morgan fingerprint density at radius 1 is 0.311 bits per heavy atom. The topological polar surface area (TPSA) is 95.9 Å². The van der Waals surface area contributed by atoms with E-state index in [0.29, 0.717) is 19.4 Å². The van der Waals surface area contributed by atoms with Gasteiger partial charge in [-0.1, -0.05) is 403 Å². The highest BCUT2D eigenvalue weighted by atomic mass is 16.5. The number of esters is 1. The SMILES string of the molecule is CCCC/C=C\C/C=C\CCCCCCCC(=O)OCCCCCCCCCCCCCCCCCCCC/C=C\CCCCCCCCCCCCCCCCCCCC(=O)NC(CO)C(O)/C=C/CCCCCCCCCCCCCCCCCCCC. The van der Waals surface area contributed by atoms with Gasteiger partial charge in [-0.15, -0.1) is 0 Å². The van der Waals surface area contributed by atoms with E-state index in [4.69, 9.17) is 4.74 Å². The molecule has 0 heterocycles. The van der Waals surface area contributed by atoms with Crippen LogP contribution in [-0.4, -0.2) is 47.4 Å². The first-order valence-corrected chi connectivity index (χ1v) is 40.9. The monoisotopic (exact) mass is 1260 g/mol. The minimum Gasteiger partial charge on any atom is -0.466 e. The number of nitrogens with one attached hydrogen (secondary N) is 1. The smallest absolute Gasteiger partial charge is 0.305 e. The number of hydrogen-bond donors (Lipinski definition) is 3. The molecule has 0 aromatic rings. The second-order valence-electron chi connectivity index (χ2n) is 28.1. The van der Waals surface area contributed by atoms with Gasteiger partial charge in [-0.3, -0.25) is 9.59 Å². The third-order valence-corrected chi connectivity index (χ3v) is 19.1. The summed E-state index contributed by atoms with van der Waals surface area (Å²) in [6.45, 7) is 4.90. The van der Waals surface area contributed by atoms with E-state index >= 15 is 0 Å². The summed E-state index contributed by atoms with van der Waals surface area (Å²) >= 11 is 0. The number of hydrogen-bond acceptors (Lipinski definition) is 5. The standard InChI is InChI=1S/C84H159NO5/c1-3-5-7-9-11-13-15-17-19-20-21-43-46-49-52-56-60-64-68-72-76-82(87)81(80-86)85-83(88)77-73-69-65-61-57-53-50-47-44-41-39-37-35-33-31-29-27-25-23-22-24-26-28-30-32-34-36-38-40-42-45-48-51-55-59-63-67-71-75-79-90-84(89)78-74-70-66-62-58-54-18-16-14-12-10-8-6-4-2/h10,12,16,18,22-23,72,76,81-82,86-87H,3-9,11,13-15,17,19-21,24-71,73-75,77-80H2,1-2H3,(H,85,88)/b12-10-,18-16-,23-22-,76-72+. The second-order valence-corrected chi connectivity index (χ2v) is 28.1. The molecule has 90 heavy (non-hydrogen) atoms. The number of carbonyl (C=O) groups is 2. The highest BCUT2D eigenvalue weighted by molar-refractivity contribution is 5.76. The maximum atomic E-state index is 12.5. The quantitative estimate of drug-likeness (QED) is 0.0320. The van der Waals surface area contributed by atoms with Crippen molar-refractivity contribution in [3.05, 3.63) is 48.6 Å². The summed E-state index contributed by atoms with van der Waals surface area (Å²) in [6.07, 6.45) is 105. The predicted molar refractivity (Wildman–Crippen MR) is 398 cm³/mol. The molecule has 6 nitrogen and oxygen atoms in total. The summed E-state index contributed by atoms with van der Waals surface area (Å²) < 4.78 is 5.49. The molecule has 0 fully saturated rings. The van der Waals surface area contributed by atoms with E-state index in [0.717, 1.165) is 51.4 Å². The van der Waals surface area contributed by atoms with E-state index in [1.807, 2.05) is 6.08 Å². The zero-order valence-corrected chi connectivity index (χ0v) is 60.9. The molecule has 2 unspecified atom stereocenters. The molecule has 3 N–H and O–H groups in total. The molecule has 1 amide bonds. The Morgan fingerprint density at radius 3 is 0.889 bits per heavy atom. The van der Waals surface area contributed by atoms with Crippen molar-refractivity contribution in [2.75, 3.05) is 13.2 Å². The molecule has 0 saturated heterocycles. The predicted octanol–water partition coefficient (Wildman–Crippen LogP) is 27.2. The van der Waals surface area contributed by atoms with Crippen LogP contribution in [0.3, 0.4) is 0 Å². The molecule has 0 radical (unpaired) electrons. The lowest BCUT2D eigenvalue weighted by molar-refractivity contribution is -0.143. The lowest BCUT2D eigenvalue weighted by atomic mass is 10.0. The Kier molecular flexibility index (Phi) is 77.3. The maximum absolute atomic E-state index is 12.5. The number of allylic oxidation sites excluding steroid dienone is 7. The number of carbonyl (C=O) groups excluding carboxylic acids is 2. The van der Waals surface area contributed by atoms with Gasteiger partial charge in [0, 0.05) is 12.8 Å². The first-order chi connectivity index (χ1) is 44.5. The number of amides is 1. The number of aliphatic hydroxyl groups is 2. The first kappa shape index (κ1) is 87.8. The minimum atomic E-state index is -0.843. The fourth-order valence-corrected chi connectivity index (χ4v) is 12.8.